The van der Waals surface area contributed by atoms with Crippen LogP contribution in [0.4, 0.5) is 13.2 Å². The standard InChI is InChI=1S/C20H33F3N4O3.HI/c1-5-24-19(25-9-11-27(2)10-6-12-28-3)26-14-16-7-8-17(18(13-16)29-4)30-15-20(21,22)23;/h7-8,13H,5-6,9-12,14-15H2,1-4H3,(H2,24,25,26);1H. The summed E-state index contributed by atoms with van der Waals surface area (Å²) in [6.45, 7) is 4.93. The topological polar surface area (TPSA) is 67.4 Å². The van der Waals surface area contributed by atoms with E-state index >= 15 is 0 Å². The van der Waals surface area contributed by atoms with Gasteiger partial charge in [0.25, 0.3) is 0 Å². The highest BCUT2D eigenvalue weighted by Gasteiger charge is 2.29. The lowest BCUT2D eigenvalue weighted by Crippen LogP contribution is -2.41. The van der Waals surface area contributed by atoms with E-state index in [9.17, 15) is 13.2 Å². The summed E-state index contributed by atoms with van der Waals surface area (Å²) in [5.74, 6) is 0.950. The Hall–Kier alpha value is -1.47. The second kappa shape index (κ2) is 16.2. The van der Waals surface area contributed by atoms with Gasteiger partial charge in [0.2, 0.25) is 0 Å². The summed E-state index contributed by atoms with van der Waals surface area (Å²) in [5, 5.41) is 6.45. The molecule has 0 aliphatic heterocycles. The summed E-state index contributed by atoms with van der Waals surface area (Å²) in [6.07, 6.45) is -3.43. The first-order valence-corrected chi connectivity index (χ1v) is 9.85. The maximum absolute atomic E-state index is 12.4. The molecule has 7 nitrogen and oxygen atoms in total. The van der Waals surface area contributed by atoms with Gasteiger partial charge in [-0.1, -0.05) is 6.07 Å². The zero-order valence-electron chi connectivity index (χ0n) is 18.6. The molecule has 1 aromatic rings. The lowest BCUT2D eigenvalue weighted by molar-refractivity contribution is -0.153. The molecular formula is C20H34F3IN4O3. The maximum Gasteiger partial charge on any atom is 0.422 e. The van der Waals surface area contributed by atoms with Gasteiger partial charge in [-0.3, -0.25) is 0 Å². The molecule has 0 heterocycles. The normalized spacial score (nSPS) is 11.8. The quantitative estimate of drug-likeness (QED) is 0.167. The van der Waals surface area contributed by atoms with Gasteiger partial charge in [-0.05, 0) is 38.1 Å². The molecular weight excluding hydrogens is 528 g/mol. The Kier molecular flexibility index (Phi) is 15.4. The van der Waals surface area contributed by atoms with E-state index in [1.807, 2.05) is 6.92 Å². The van der Waals surface area contributed by atoms with Crippen molar-refractivity contribution in [3.8, 4) is 11.5 Å². The van der Waals surface area contributed by atoms with Crippen molar-refractivity contribution in [1.29, 1.82) is 0 Å². The molecule has 0 aromatic heterocycles. The van der Waals surface area contributed by atoms with Gasteiger partial charge in [-0.25, -0.2) is 4.99 Å². The van der Waals surface area contributed by atoms with Gasteiger partial charge in [0.05, 0.1) is 13.7 Å². The molecule has 0 amide bonds. The fraction of sp³-hybridized carbons (Fsp3) is 0.650. The van der Waals surface area contributed by atoms with Gasteiger partial charge in [-0.2, -0.15) is 13.2 Å². The van der Waals surface area contributed by atoms with Crippen LogP contribution in [0.2, 0.25) is 0 Å². The van der Waals surface area contributed by atoms with Crippen LogP contribution < -0.4 is 20.1 Å². The van der Waals surface area contributed by atoms with E-state index in [1.165, 1.54) is 13.2 Å². The Labute approximate surface area is 199 Å². The molecule has 0 spiro atoms. The highest BCUT2D eigenvalue weighted by Crippen LogP contribution is 2.30. The molecule has 0 aliphatic carbocycles. The van der Waals surface area contributed by atoms with Crippen molar-refractivity contribution in [2.24, 2.45) is 4.99 Å². The molecule has 0 radical (unpaired) electrons. The Morgan fingerprint density at radius 3 is 2.48 bits per heavy atom. The number of benzene rings is 1. The SMILES string of the molecule is CCNC(=NCc1ccc(OCC(F)(F)F)c(OC)c1)NCCN(C)CCCOC.I. The van der Waals surface area contributed by atoms with Gasteiger partial charge >= 0.3 is 6.18 Å². The maximum atomic E-state index is 12.4. The molecule has 0 saturated carbocycles. The molecule has 0 unspecified atom stereocenters. The number of guanidine groups is 1. The van der Waals surface area contributed by atoms with Crippen molar-refractivity contribution in [3.63, 3.8) is 0 Å². The molecule has 180 valence electrons. The Morgan fingerprint density at radius 1 is 1.13 bits per heavy atom. The number of hydrogen-bond acceptors (Lipinski definition) is 5. The third kappa shape index (κ3) is 13.5. The monoisotopic (exact) mass is 562 g/mol. The number of methoxy groups -OCH3 is 2. The van der Waals surface area contributed by atoms with Crippen LogP contribution in [0.5, 0.6) is 11.5 Å². The molecule has 0 atom stereocenters. The van der Waals surface area contributed by atoms with Crippen LogP contribution >= 0.6 is 24.0 Å². The van der Waals surface area contributed by atoms with Crippen molar-refractivity contribution in [1.82, 2.24) is 15.5 Å². The van der Waals surface area contributed by atoms with Gasteiger partial charge in [0, 0.05) is 39.9 Å². The lowest BCUT2D eigenvalue weighted by atomic mass is 10.2. The second-order valence-corrected chi connectivity index (χ2v) is 6.66. The molecule has 1 aromatic carbocycles. The smallest absolute Gasteiger partial charge is 0.422 e. The van der Waals surface area contributed by atoms with Crippen molar-refractivity contribution >= 4 is 29.9 Å². The molecule has 11 heteroatoms. The number of nitrogens with zero attached hydrogens (tertiary/aromatic N) is 2. The number of ether oxygens (including phenoxy) is 3. The zero-order chi connectivity index (χ0) is 22.4. The number of hydrogen-bond donors (Lipinski definition) is 2. The second-order valence-electron chi connectivity index (χ2n) is 6.66. The molecule has 0 saturated heterocycles. The highest BCUT2D eigenvalue weighted by molar-refractivity contribution is 14.0. The van der Waals surface area contributed by atoms with Crippen LogP contribution in [0.15, 0.2) is 23.2 Å². The summed E-state index contributed by atoms with van der Waals surface area (Å²) in [6, 6.07) is 4.76. The Bertz CT molecular complexity index is 649. The lowest BCUT2D eigenvalue weighted by Gasteiger charge is -2.18. The summed E-state index contributed by atoms with van der Waals surface area (Å²) in [5.41, 5.74) is 0.792. The highest BCUT2D eigenvalue weighted by atomic mass is 127. The first-order valence-electron chi connectivity index (χ1n) is 9.85. The summed E-state index contributed by atoms with van der Waals surface area (Å²) in [4.78, 5) is 6.73. The van der Waals surface area contributed by atoms with Gasteiger partial charge in [0.1, 0.15) is 0 Å². The van der Waals surface area contributed by atoms with Crippen LogP contribution in [-0.4, -0.2) is 77.7 Å². The van der Waals surface area contributed by atoms with Crippen LogP contribution in [-0.2, 0) is 11.3 Å². The first kappa shape index (κ1) is 29.5. The number of nitrogens with one attached hydrogen (secondary N) is 2. The minimum atomic E-state index is -4.40. The fourth-order valence-electron chi connectivity index (χ4n) is 2.56. The number of halogens is 4. The van der Waals surface area contributed by atoms with E-state index in [-0.39, 0.29) is 35.5 Å². The van der Waals surface area contributed by atoms with Crippen LogP contribution in [0, 0.1) is 0 Å². The van der Waals surface area contributed by atoms with E-state index in [4.69, 9.17) is 14.2 Å². The summed E-state index contributed by atoms with van der Waals surface area (Å²) < 4.78 is 52.1. The van der Waals surface area contributed by atoms with Gasteiger partial charge in [0.15, 0.2) is 24.1 Å². The Morgan fingerprint density at radius 2 is 1.87 bits per heavy atom. The van der Waals surface area contributed by atoms with E-state index in [2.05, 4.69) is 27.6 Å². The average Bonchev–Trinajstić information content (AvgIpc) is 2.70. The summed E-state index contributed by atoms with van der Waals surface area (Å²) >= 11 is 0. The number of aliphatic imine (C=N–C) groups is 1. The zero-order valence-corrected chi connectivity index (χ0v) is 20.9. The largest absolute Gasteiger partial charge is 0.493 e. The van der Waals surface area contributed by atoms with Crippen LogP contribution in [0.25, 0.3) is 0 Å². The van der Waals surface area contributed by atoms with E-state index in [1.54, 1.807) is 19.2 Å². The van der Waals surface area contributed by atoms with Crippen molar-refractivity contribution in [3.05, 3.63) is 23.8 Å². The van der Waals surface area contributed by atoms with E-state index < -0.39 is 12.8 Å². The van der Waals surface area contributed by atoms with Gasteiger partial charge < -0.3 is 29.7 Å². The predicted molar refractivity (Wildman–Crippen MR) is 127 cm³/mol. The van der Waals surface area contributed by atoms with Gasteiger partial charge in [-0.15, -0.1) is 24.0 Å². The fourth-order valence-corrected chi connectivity index (χ4v) is 2.56. The average molecular weight is 562 g/mol. The third-order valence-electron chi connectivity index (χ3n) is 4.06. The van der Waals surface area contributed by atoms with Crippen molar-refractivity contribution < 1.29 is 27.4 Å². The minimum Gasteiger partial charge on any atom is -0.493 e. The Balaban J connectivity index is 0.00000900. The van der Waals surface area contributed by atoms with Crippen LogP contribution in [0.1, 0.15) is 18.9 Å². The predicted octanol–water partition coefficient (Wildman–Crippen LogP) is 3.28. The molecule has 0 bridgehead atoms. The molecule has 0 fully saturated rings. The van der Waals surface area contributed by atoms with E-state index in [0.29, 0.717) is 19.0 Å². The molecule has 0 aliphatic rings. The number of rotatable bonds is 13. The van der Waals surface area contributed by atoms with Crippen molar-refractivity contribution in [2.75, 3.05) is 60.7 Å². The molecule has 31 heavy (non-hydrogen) atoms. The first-order chi connectivity index (χ1) is 14.3. The van der Waals surface area contributed by atoms with E-state index in [0.717, 1.165) is 38.2 Å². The minimum absolute atomic E-state index is 0. The van der Waals surface area contributed by atoms with Crippen molar-refractivity contribution in [2.45, 2.75) is 26.1 Å². The van der Waals surface area contributed by atoms with Crippen LogP contribution in [0.3, 0.4) is 0 Å². The number of alkyl halides is 3. The third-order valence-corrected chi connectivity index (χ3v) is 4.06. The molecule has 2 N–H and O–H groups in total. The summed E-state index contributed by atoms with van der Waals surface area (Å²) in [7, 11) is 5.13. The molecule has 1 rings (SSSR count). The number of likely N-dealkylation sites (N-methyl/N-ethyl adjacent to an activating group) is 1.